The molecule has 0 saturated heterocycles. The Balaban J connectivity index is 2.02. The number of benzene rings is 1. The summed E-state index contributed by atoms with van der Waals surface area (Å²) in [5.74, 6) is 0.215. The molecular formula is C13H11N3O4S. The van der Waals surface area contributed by atoms with E-state index in [0.29, 0.717) is 11.0 Å². The van der Waals surface area contributed by atoms with E-state index in [4.69, 9.17) is 4.42 Å². The number of aryl methyl sites for hydroxylation is 1. The zero-order valence-electron chi connectivity index (χ0n) is 11.0. The molecule has 0 radical (unpaired) electrons. The molecule has 21 heavy (non-hydrogen) atoms. The van der Waals surface area contributed by atoms with E-state index in [9.17, 15) is 13.2 Å². The molecule has 2 N–H and O–H groups in total. The number of hydrogen-bond donors (Lipinski definition) is 2. The molecule has 0 aliphatic heterocycles. The van der Waals surface area contributed by atoms with Gasteiger partial charge < -0.3 is 4.42 Å². The molecule has 8 heteroatoms. The maximum Gasteiger partial charge on any atom is 0.336 e. The summed E-state index contributed by atoms with van der Waals surface area (Å²) in [6.07, 6.45) is 0. The molecule has 3 rings (SSSR count). The van der Waals surface area contributed by atoms with Gasteiger partial charge in [0.15, 0.2) is 5.82 Å². The summed E-state index contributed by atoms with van der Waals surface area (Å²) < 4.78 is 31.9. The van der Waals surface area contributed by atoms with Crippen molar-refractivity contribution in [2.24, 2.45) is 0 Å². The van der Waals surface area contributed by atoms with E-state index in [1.165, 1.54) is 30.3 Å². The van der Waals surface area contributed by atoms with Gasteiger partial charge in [0.05, 0.1) is 4.90 Å². The van der Waals surface area contributed by atoms with Crippen LogP contribution >= 0.6 is 0 Å². The maximum atomic E-state index is 12.3. The number of rotatable bonds is 3. The Hall–Kier alpha value is -2.61. The molecule has 0 bridgehead atoms. The summed E-state index contributed by atoms with van der Waals surface area (Å²) in [7, 11) is -3.75. The molecule has 0 aliphatic rings. The Morgan fingerprint density at radius 2 is 2.00 bits per heavy atom. The van der Waals surface area contributed by atoms with Gasteiger partial charge in [-0.3, -0.25) is 9.82 Å². The van der Waals surface area contributed by atoms with E-state index in [-0.39, 0.29) is 10.7 Å². The van der Waals surface area contributed by atoms with Crippen LogP contribution in [-0.4, -0.2) is 18.6 Å². The Kier molecular flexibility index (Phi) is 3.02. The number of aromatic nitrogens is 2. The average molecular weight is 305 g/mol. The van der Waals surface area contributed by atoms with E-state index < -0.39 is 15.6 Å². The molecule has 0 fully saturated rings. The monoisotopic (exact) mass is 305 g/mol. The van der Waals surface area contributed by atoms with Gasteiger partial charge in [0.25, 0.3) is 10.0 Å². The fourth-order valence-electron chi connectivity index (χ4n) is 1.88. The second-order valence-electron chi connectivity index (χ2n) is 4.50. The van der Waals surface area contributed by atoms with Gasteiger partial charge in [0, 0.05) is 23.2 Å². The van der Waals surface area contributed by atoms with Crippen molar-refractivity contribution in [1.29, 1.82) is 0 Å². The number of fused-ring (bicyclic) bond motifs is 1. The van der Waals surface area contributed by atoms with Gasteiger partial charge in [-0.2, -0.15) is 5.10 Å². The lowest BCUT2D eigenvalue weighted by molar-refractivity contribution is 0.560. The summed E-state index contributed by atoms with van der Waals surface area (Å²) >= 11 is 0. The van der Waals surface area contributed by atoms with Crippen LogP contribution in [0.15, 0.2) is 50.5 Å². The molecular weight excluding hydrogens is 294 g/mol. The minimum absolute atomic E-state index is 0.0597. The number of nitrogens with zero attached hydrogens (tertiary/aromatic N) is 1. The molecule has 0 spiro atoms. The van der Waals surface area contributed by atoms with E-state index in [1.807, 2.05) is 0 Å². The van der Waals surface area contributed by atoms with E-state index in [2.05, 4.69) is 14.9 Å². The molecule has 2 aromatic heterocycles. The van der Waals surface area contributed by atoms with Crippen molar-refractivity contribution < 1.29 is 12.8 Å². The predicted octanol–water partition coefficient (Wildman–Crippen LogP) is 1.63. The number of anilines is 1. The topological polar surface area (TPSA) is 105 Å². The van der Waals surface area contributed by atoms with E-state index in [1.54, 1.807) is 13.0 Å². The van der Waals surface area contributed by atoms with Gasteiger partial charge in [-0.15, -0.1) is 0 Å². The van der Waals surface area contributed by atoms with Crippen LogP contribution in [0.2, 0.25) is 0 Å². The van der Waals surface area contributed by atoms with Crippen molar-refractivity contribution in [2.75, 3.05) is 4.72 Å². The number of aromatic amines is 1. The molecule has 0 atom stereocenters. The van der Waals surface area contributed by atoms with Crippen molar-refractivity contribution in [3.8, 4) is 0 Å². The third-order valence-electron chi connectivity index (χ3n) is 2.85. The van der Waals surface area contributed by atoms with Crippen molar-refractivity contribution in [3.63, 3.8) is 0 Å². The second kappa shape index (κ2) is 4.74. The number of nitrogens with one attached hydrogen (secondary N) is 2. The third kappa shape index (κ3) is 2.65. The quantitative estimate of drug-likeness (QED) is 0.715. The summed E-state index contributed by atoms with van der Waals surface area (Å²) in [4.78, 5) is 11.2. The highest BCUT2D eigenvalue weighted by molar-refractivity contribution is 7.92. The summed E-state index contributed by atoms with van der Waals surface area (Å²) in [5, 5.41) is 7.00. The van der Waals surface area contributed by atoms with Crippen LogP contribution in [0.5, 0.6) is 0 Å². The zero-order valence-corrected chi connectivity index (χ0v) is 11.8. The molecule has 3 aromatic rings. The van der Waals surface area contributed by atoms with Crippen molar-refractivity contribution >= 4 is 26.8 Å². The second-order valence-corrected chi connectivity index (χ2v) is 6.18. The van der Waals surface area contributed by atoms with Gasteiger partial charge in [-0.05, 0) is 31.2 Å². The highest BCUT2D eigenvalue weighted by atomic mass is 32.2. The molecule has 0 unspecified atom stereocenters. The molecule has 108 valence electrons. The lowest BCUT2D eigenvalue weighted by atomic mass is 10.2. The van der Waals surface area contributed by atoms with Crippen LogP contribution in [-0.2, 0) is 10.0 Å². The summed E-state index contributed by atoms with van der Waals surface area (Å²) in [5.41, 5.74) is 0.591. The number of H-pyrrole nitrogens is 1. The van der Waals surface area contributed by atoms with Crippen LogP contribution in [0.3, 0.4) is 0 Å². The van der Waals surface area contributed by atoms with Gasteiger partial charge in [0.2, 0.25) is 0 Å². The first-order chi connectivity index (χ1) is 9.94. The molecule has 7 nitrogen and oxygen atoms in total. The van der Waals surface area contributed by atoms with Crippen LogP contribution in [0.1, 0.15) is 5.69 Å². The van der Waals surface area contributed by atoms with Crippen molar-refractivity contribution in [1.82, 2.24) is 10.2 Å². The van der Waals surface area contributed by atoms with Crippen molar-refractivity contribution in [2.45, 2.75) is 11.8 Å². The number of sulfonamides is 1. The van der Waals surface area contributed by atoms with Gasteiger partial charge in [0.1, 0.15) is 5.58 Å². The fraction of sp³-hybridized carbons (Fsp3) is 0.0769. The molecule has 2 heterocycles. The van der Waals surface area contributed by atoms with Crippen LogP contribution in [0, 0.1) is 6.92 Å². The minimum Gasteiger partial charge on any atom is -0.423 e. The molecule has 0 saturated carbocycles. The Bertz CT molecular complexity index is 972. The third-order valence-corrected chi connectivity index (χ3v) is 4.20. The molecule has 0 aliphatic carbocycles. The first kappa shape index (κ1) is 13.4. The first-order valence-corrected chi connectivity index (χ1v) is 7.51. The maximum absolute atomic E-state index is 12.3. The number of hydrogen-bond acceptors (Lipinski definition) is 5. The Morgan fingerprint density at radius 1 is 1.19 bits per heavy atom. The van der Waals surface area contributed by atoms with Crippen LogP contribution in [0.25, 0.3) is 11.0 Å². The predicted molar refractivity (Wildman–Crippen MR) is 76.6 cm³/mol. The summed E-state index contributed by atoms with van der Waals surface area (Å²) in [6.45, 7) is 1.77. The van der Waals surface area contributed by atoms with E-state index >= 15 is 0 Å². The van der Waals surface area contributed by atoms with E-state index in [0.717, 1.165) is 5.69 Å². The van der Waals surface area contributed by atoms with Gasteiger partial charge in [-0.1, -0.05) is 0 Å². The van der Waals surface area contributed by atoms with Gasteiger partial charge >= 0.3 is 5.63 Å². The van der Waals surface area contributed by atoms with Gasteiger partial charge in [-0.25, -0.2) is 13.2 Å². The van der Waals surface area contributed by atoms with Crippen LogP contribution in [0.4, 0.5) is 5.82 Å². The van der Waals surface area contributed by atoms with Crippen LogP contribution < -0.4 is 10.3 Å². The first-order valence-electron chi connectivity index (χ1n) is 6.03. The normalized spacial score (nSPS) is 11.7. The zero-order chi connectivity index (χ0) is 15.0. The SMILES string of the molecule is Cc1cc(NS(=O)(=O)c2ccc3oc(=O)ccc3c2)n[nH]1. The lowest BCUT2D eigenvalue weighted by Crippen LogP contribution is -2.13. The highest BCUT2D eigenvalue weighted by Crippen LogP contribution is 2.20. The molecule has 0 amide bonds. The smallest absolute Gasteiger partial charge is 0.336 e. The molecule has 1 aromatic carbocycles. The summed E-state index contributed by atoms with van der Waals surface area (Å²) in [6, 6.07) is 8.58. The minimum atomic E-state index is -3.75. The largest absolute Gasteiger partial charge is 0.423 e. The van der Waals surface area contributed by atoms with Crippen molar-refractivity contribution in [3.05, 3.63) is 52.5 Å². The Labute approximate surface area is 119 Å². The highest BCUT2D eigenvalue weighted by Gasteiger charge is 2.16. The Morgan fingerprint density at radius 3 is 2.71 bits per heavy atom. The lowest BCUT2D eigenvalue weighted by Gasteiger charge is -2.06. The standard InChI is InChI=1S/C13H11N3O4S/c1-8-6-12(15-14-8)16-21(18,19)10-3-4-11-9(7-10)2-5-13(17)20-11/h2-7H,1H3,(H2,14,15,16). The fourth-order valence-corrected chi connectivity index (χ4v) is 2.91. The average Bonchev–Trinajstić information content (AvgIpc) is 2.82.